The summed E-state index contributed by atoms with van der Waals surface area (Å²) < 4.78 is 19.8. The summed E-state index contributed by atoms with van der Waals surface area (Å²) in [5, 5.41) is 19.6. The van der Waals surface area contributed by atoms with E-state index in [-0.39, 0.29) is 56.5 Å². The number of pyridine rings is 1. The predicted octanol–water partition coefficient (Wildman–Crippen LogP) is 4.62. The maximum atomic E-state index is 14.7. The number of ether oxygens (including phenoxy) is 3. The van der Waals surface area contributed by atoms with E-state index in [1.165, 1.54) is 21.2 Å². The molecule has 0 aliphatic carbocycles. The van der Waals surface area contributed by atoms with E-state index in [4.69, 9.17) is 24.2 Å². The van der Waals surface area contributed by atoms with Crippen LogP contribution in [0.25, 0.3) is 33.4 Å². The van der Waals surface area contributed by atoms with E-state index < -0.39 is 41.0 Å². The average molecular weight is 928 g/mol. The summed E-state index contributed by atoms with van der Waals surface area (Å²) in [6.45, 7) is 16.5. The van der Waals surface area contributed by atoms with Gasteiger partial charge in [0.2, 0.25) is 11.6 Å². The van der Waals surface area contributed by atoms with E-state index in [0.29, 0.717) is 44.3 Å². The molecule has 4 aliphatic rings. The third-order valence-corrected chi connectivity index (χ3v) is 14.4. The number of piperazine rings is 1. The fourth-order valence-electron chi connectivity index (χ4n) is 10.0. The number of likely N-dealkylation sites (N-methyl/N-ethyl adjacent to an activating group) is 1. The van der Waals surface area contributed by atoms with Gasteiger partial charge < -0.3 is 39.0 Å². The van der Waals surface area contributed by atoms with Crippen LogP contribution in [-0.4, -0.2) is 154 Å². The van der Waals surface area contributed by atoms with Crippen molar-refractivity contribution in [2.75, 3.05) is 66.7 Å². The van der Waals surface area contributed by atoms with Crippen molar-refractivity contribution >= 4 is 46.1 Å². The number of benzene rings is 1. The number of nitrogens with one attached hydrogen (secondary N) is 2. The molecule has 4 aliphatic heterocycles. The third-order valence-electron chi connectivity index (χ3n) is 13.6. The van der Waals surface area contributed by atoms with Gasteiger partial charge in [0.15, 0.2) is 0 Å². The van der Waals surface area contributed by atoms with E-state index in [1.54, 1.807) is 25.3 Å². The lowest BCUT2D eigenvalue weighted by atomic mass is 9.84. The third kappa shape index (κ3) is 9.45. The first-order chi connectivity index (χ1) is 31.5. The number of esters is 1. The number of aryl methyl sites for hydroxylation is 1. The normalized spacial score (nSPS) is 23.8. The summed E-state index contributed by atoms with van der Waals surface area (Å²) in [6, 6.07) is 8.03. The van der Waals surface area contributed by atoms with Gasteiger partial charge in [-0.3, -0.25) is 24.5 Å². The van der Waals surface area contributed by atoms with Crippen LogP contribution in [0.1, 0.15) is 76.8 Å². The lowest BCUT2D eigenvalue weighted by molar-refractivity contribution is -0.189. The Morgan fingerprint density at radius 3 is 2.70 bits per heavy atom. The highest BCUT2D eigenvalue weighted by Gasteiger charge is 2.46. The SMILES string of the molecule is CCn1c(-c2cccnc2[C@H](C)OC)c2c3cc(ccc31)-c1csc(n1)C[C@H](NC(=O)[C@H](C(C)C)N(C)C(=O)N1CCN3CCOC[C@H]3C1)C(=O)N1CCC[C@@](O)(N1)C(=O)OCC(C)(C)C2. The molecule has 1 aromatic carbocycles. The number of carbonyl (C=O) groups is 4. The van der Waals surface area contributed by atoms with Crippen molar-refractivity contribution in [1.29, 1.82) is 0 Å². The van der Waals surface area contributed by atoms with Crippen LogP contribution in [0.3, 0.4) is 0 Å². The molecule has 3 fully saturated rings. The molecule has 18 heteroatoms. The highest BCUT2D eigenvalue weighted by atomic mass is 32.1. The fourth-order valence-corrected chi connectivity index (χ4v) is 10.9. The van der Waals surface area contributed by atoms with Crippen LogP contribution in [0.2, 0.25) is 0 Å². The maximum Gasteiger partial charge on any atom is 0.355 e. The number of hydrogen-bond acceptors (Lipinski definition) is 13. The standard InChI is InChI=1S/C48H65N9O8S/c1-9-56-38-14-13-31-22-34(38)35(42(56)33-12-10-16-49-40(33)30(4)63-8)24-47(5,6)28-65-45(60)48(62)15-11-17-57(52-48)44(59)36(23-39-50-37(31)27-66-39)51-43(58)41(29(2)3)53(7)46(61)55-19-18-54-20-21-64-26-32(54)25-55/h10,12-14,16,22,27,29-30,32,36,41,52,62H,9,11,15,17-21,23-26,28H2,1-8H3,(H,51,58)/t30-,32+,36-,41-,48-/m0/s1. The van der Waals surface area contributed by atoms with Gasteiger partial charge in [0.1, 0.15) is 12.1 Å². The number of aliphatic hydroxyl groups is 1. The van der Waals surface area contributed by atoms with Crippen molar-refractivity contribution in [3.63, 3.8) is 0 Å². The lowest BCUT2D eigenvalue weighted by Crippen LogP contribution is -2.67. The number of morpholine rings is 1. The van der Waals surface area contributed by atoms with Crippen LogP contribution in [0.4, 0.5) is 4.79 Å². The van der Waals surface area contributed by atoms with Crippen LogP contribution >= 0.6 is 11.3 Å². The molecule has 3 saturated heterocycles. The molecule has 4 amide bonds. The first-order valence-electron chi connectivity index (χ1n) is 23.2. The largest absolute Gasteiger partial charge is 0.462 e. The minimum atomic E-state index is -2.21. The summed E-state index contributed by atoms with van der Waals surface area (Å²) >= 11 is 1.38. The molecule has 66 heavy (non-hydrogen) atoms. The van der Waals surface area contributed by atoms with Crippen molar-refractivity contribution in [2.45, 2.75) is 104 Å². The number of urea groups is 1. The number of hydrazine groups is 1. The van der Waals surface area contributed by atoms with E-state index in [9.17, 15) is 24.3 Å². The Morgan fingerprint density at radius 2 is 1.94 bits per heavy atom. The van der Waals surface area contributed by atoms with Gasteiger partial charge in [0.25, 0.3) is 5.91 Å². The lowest BCUT2D eigenvalue weighted by Gasteiger charge is -2.45. The Bertz CT molecular complexity index is 2450. The van der Waals surface area contributed by atoms with Crippen molar-refractivity contribution < 1.29 is 38.5 Å². The quantitative estimate of drug-likeness (QED) is 0.209. The number of thiazole rings is 1. The van der Waals surface area contributed by atoms with Crippen molar-refractivity contribution in [2.24, 2.45) is 11.3 Å². The molecule has 0 unspecified atom stereocenters. The zero-order chi connectivity index (χ0) is 47.1. The summed E-state index contributed by atoms with van der Waals surface area (Å²) in [7, 11) is 3.30. The highest BCUT2D eigenvalue weighted by Crippen LogP contribution is 2.42. The van der Waals surface area contributed by atoms with Gasteiger partial charge in [-0.05, 0) is 62.4 Å². The zero-order valence-corrected chi connectivity index (χ0v) is 40.3. The number of aromatic nitrogens is 3. The van der Waals surface area contributed by atoms with Crippen LogP contribution in [-0.2, 0) is 48.0 Å². The molecule has 0 radical (unpaired) electrons. The minimum absolute atomic E-state index is 0.00482. The summed E-state index contributed by atoms with van der Waals surface area (Å²) in [5.74, 6) is -2.28. The van der Waals surface area contributed by atoms with Gasteiger partial charge in [0, 0.05) is 105 Å². The van der Waals surface area contributed by atoms with Crippen molar-refractivity contribution in [3.05, 3.63) is 58.2 Å². The summed E-state index contributed by atoms with van der Waals surface area (Å²) in [4.78, 5) is 72.7. The molecule has 3 N–H and O–H groups in total. The van der Waals surface area contributed by atoms with Gasteiger partial charge in [-0.25, -0.2) is 14.6 Å². The van der Waals surface area contributed by atoms with Gasteiger partial charge in [-0.1, -0.05) is 33.8 Å². The number of cyclic esters (lactones) is 1. The Kier molecular flexibility index (Phi) is 13.9. The first-order valence-corrected chi connectivity index (χ1v) is 24.1. The predicted molar refractivity (Wildman–Crippen MR) is 250 cm³/mol. The monoisotopic (exact) mass is 927 g/mol. The molecule has 3 aromatic heterocycles. The molecule has 5 atom stereocenters. The Labute approximate surface area is 390 Å². The molecule has 6 bridgehead atoms. The molecule has 356 valence electrons. The molecule has 17 nitrogen and oxygen atoms in total. The van der Waals surface area contributed by atoms with Crippen LogP contribution in [0, 0.1) is 11.3 Å². The zero-order valence-electron chi connectivity index (χ0n) is 39.5. The summed E-state index contributed by atoms with van der Waals surface area (Å²) in [6.07, 6.45) is 2.30. The molecular formula is C48H65N9O8S. The Balaban J connectivity index is 1.16. The van der Waals surface area contributed by atoms with Crippen LogP contribution in [0.15, 0.2) is 41.9 Å². The second-order valence-corrected chi connectivity index (χ2v) is 20.2. The Hall–Kier alpha value is -4.98. The second-order valence-electron chi connectivity index (χ2n) is 19.3. The molecule has 7 heterocycles. The number of hydrogen-bond donors (Lipinski definition) is 3. The van der Waals surface area contributed by atoms with Gasteiger partial charge >= 0.3 is 12.0 Å². The average Bonchev–Trinajstić information content (AvgIpc) is 3.90. The number of fused-ring (bicyclic) bond motifs is 7. The van der Waals surface area contributed by atoms with E-state index in [1.807, 2.05) is 46.1 Å². The first kappa shape index (κ1) is 47.5. The number of rotatable bonds is 8. The Morgan fingerprint density at radius 1 is 1.14 bits per heavy atom. The highest BCUT2D eigenvalue weighted by molar-refractivity contribution is 7.10. The topological polar surface area (TPSA) is 184 Å². The number of amides is 4. The molecule has 0 spiro atoms. The second kappa shape index (κ2) is 19.3. The van der Waals surface area contributed by atoms with Crippen molar-refractivity contribution in [1.82, 2.24) is 45.0 Å². The molecular weight excluding hydrogens is 863 g/mol. The molecule has 0 saturated carbocycles. The molecule has 4 aromatic rings. The van der Waals surface area contributed by atoms with Crippen LogP contribution < -0.4 is 10.7 Å². The number of carbonyl (C=O) groups excluding carboxylic acids is 4. The smallest absolute Gasteiger partial charge is 0.355 e. The number of methoxy groups -OCH3 is 1. The number of nitrogens with zero attached hydrogens (tertiary/aromatic N) is 7. The van der Waals surface area contributed by atoms with E-state index in [2.05, 4.69) is 51.4 Å². The minimum Gasteiger partial charge on any atom is -0.462 e. The maximum absolute atomic E-state index is 14.7. The summed E-state index contributed by atoms with van der Waals surface area (Å²) in [5.41, 5.74) is 6.37. The van der Waals surface area contributed by atoms with Crippen LogP contribution in [0.5, 0.6) is 0 Å². The fraction of sp³-hybridized carbons (Fsp3) is 0.583. The van der Waals surface area contributed by atoms with Crippen molar-refractivity contribution in [3.8, 4) is 22.5 Å². The van der Waals surface area contributed by atoms with E-state index in [0.717, 1.165) is 57.8 Å². The molecule has 8 rings (SSSR count). The van der Waals surface area contributed by atoms with Gasteiger partial charge in [-0.2, -0.15) is 5.43 Å². The van der Waals surface area contributed by atoms with Gasteiger partial charge in [0.05, 0.1) is 54.1 Å². The van der Waals surface area contributed by atoms with Gasteiger partial charge in [-0.15, -0.1) is 11.3 Å². The van der Waals surface area contributed by atoms with E-state index >= 15 is 0 Å².